The summed E-state index contributed by atoms with van der Waals surface area (Å²) in [6.45, 7) is 0. The summed E-state index contributed by atoms with van der Waals surface area (Å²) in [6, 6.07) is 33.3. The smallest absolute Gasteiger partial charge is 0.143 e. The van der Waals surface area contributed by atoms with E-state index in [4.69, 9.17) is 4.42 Å². The fourth-order valence-corrected chi connectivity index (χ4v) is 5.69. The zero-order chi connectivity index (χ0) is 21.7. The zero-order valence-electron chi connectivity index (χ0n) is 17.5. The molecule has 0 fully saturated rings. The second-order valence-electron chi connectivity index (χ2n) is 8.72. The van der Waals surface area contributed by atoms with Crippen molar-refractivity contribution in [2.75, 3.05) is 0 Å². The lowest BCUT2D eigenvalue weighted by molar-refractivity contribution is 0.476. The van der Waals surface area contributed by atoms with Crippen LogP contribution in [-0.2, 0) is 0 Å². The molecule has 8 rings (SSSR count). The summed E-state index contributed by atoms with van der Waals surface area (Å²) < 4.78 is 8.85. The number of hydrogen-bond acceptors (Lipinski definition) is 2. The Balaban J connectivity index is 1.69. The lowest BCUT2D eigenvalue weighted by Gasteiger charge is -2.12. The highest BCUT2D eigenvalue weighted by molar-refractivity contribution is 6.21. The first kappa shape index (κ1) is 17.1. The second-order valence-corrected chi connectivity index (χ2v) is 8.72. The first-order chi connectivity index (χ1) is 16.3. The van der Waals surface area contributed by atoms with Crippen LogP contribution in [0.15, 0.2) is 101 Å². The molecule has 3 heterocycles. The number of aromatic hydroxyl groups is 1. The van der Waals surface area contributed by atoms with Crippen LogP contribution in [0.25, 0.3) is 71.7 Å². The summed E-state index contributed by atoms with van der Waals surface area (Å²) in [4.78, 5) is 0. The van der Waals surface area contributed by atoms with Gasteiger partial charge in [-0.15, -0.1) is 0 Å². The highest BCUT2D eigenvalue weighted by Gasteiger charge is 2.27. The van der Waals surface area contributed by atoms with Gasteiger partial charge in [-0.1, -0.05) is 60.7 Å². The van der Waals surface area contributed by atoms with E-state index in [1.165, 1.54) is 5.56 Å². The van der Waals surface area contributed by atoms with E-state index in [0.29, 0.717) is 0 Å². The van der Waals surface area contributed by atoms with Crippen molar-refractivity contribution in [3.8, 4) is 33.7 Å². The van der Waals surface area contributed by atoms with Crippen molar-refractivity contribution >= 4 is 43.7 Å². The van der Waals surface area contributed by atoms with E-state index in [9.17, 15) is 5.11 Å². The molecule has 3 heteroatoms. The Bertz CT molecular complexity index is 1940. The van der Waals surface area contributed by atoms with Gasteiger partial charge < -0.3 is 14.1 Å². The van der Waals surface area contributed by atoms with E-state index in [-0.39, 0.29) is 5.75 Å². The predicted octanol–water partition coefficient (Wildman–Crippen LogP) is 8.04. The molecule has 0 spiro atoms. The minimum absolute atomic E-state index is 0.275. The Morgan fingerprint density at radius 3 is 2.39 bits per heavy atom. The van der Waals surface area contributed by atoms with Gasteiger partial charge in [-0.3, -0.25) is 0 Å². The van der Waals surface area contributed by atoms with E-state index in [2.05, 4.69) is 71.3 Å². The molecule has 0 saturated heterocycles. The molecule has 0 radical (unpaired) electrons. The molecule has 0 unspecified atom stereocenters. The highest BCUT2D eigenvalue weighted by atomic mass is 16.3. The summed E-state index contributed by atoms with van der Waals surface area (Å²) in [7, 11) is 0. The maximum atomic E-state index is 10.3. The van der Waals surface area contributed by atoms with Gasteiger partial charge in [0.1, 0.15) is 16.9 Å². The average Bonchev–Trinajstić information content (AvgIpc) is 3.35. The van der Waals surface area contributed by atoms with Gasteiger partial charge in [-0.25, -0.2) is 0 Å². The zero-order valence-corrected chi connectivity index (χ0v) is 17.5. The predicted molar refractivity (Wildman–Crippen MR) is 134 cm³/mol. The van der Waals surface area contributed by atoms with Crippen molar-refractivity contribution in [3.05, 3.63) is 97.1 Å². The number of phenolic OH excluding ortho intramolecular Hbond substituents is 1. The summed E-state index contributed by atoms with van der Waals surface area (Å²) in [6.07, 6.45) is 0. The number of rotatable bonds is 0. The number of hydrogen-bond donors (Lipinski definition) is 1. The Hall–Kier alpha value is -4.50. The molecule has 3 nitrogen and oxygen atoms in total. The van der Waals surface area contributed by atoms with Gasteiger partial charge >= 0.3 is 0 Å². The van der Waals surface area contributed by atoms with Crippen molar-refractivity contribution in [1.82, 2.24) is 4.57 Å². The van der Waals surface area contributed by atoms with Crippen LogP contribution in [0.1, 0.15) is 0 Å². The lowest BCUT2D eigenvalue weighted by atomic mass is 9.91. The number of para-hydroxylation sites is 3. The topological polar surface area (TPSA) is 38.3 Å². The van der Waals surface area contributed by atoms with Crippen LogP contribution >= 0.6 is 0 Å². The first-order valence-electron chi connectivity index (χ1n) is 11.1. The van der Waals surface area contributed by atoms with Crippen LogP contribution in [-0.4, -0.2) is 9.67 Å². The molecular formula is C30H17NO2. The molecule has 0 aliphatic carbocycles. The molecule has 5 aromatic carbocycles. The maximum absolute atomic E-state index is 10.3. The Morgan fingerprint density at radius 1 is 0.606 bits per heavy atom. The maximum Gasteiger partial charge on any atom is 0.143 e. The summed E-state index contributed by atoms with van der Waals surface area (Å²) >= 11 is 0. The fourth-order valence-electron chi connectivity index (χ4n) is 5.69. The number of nitrogens with zero attached hydrogens (tertiary/aromatic N) is 1. The number of benzene rings is 5. The van der Waals surface area contributed by atoms with E-state index < -0.39 is 0 Å². The molecule has 2 aromatic heterocycles. The van der Waals surface area contributed by atoms with Crippen LogP contribution in [0, 0.1) is 0 Å². The summed E-state index contributed by atoms with van der Waals surface area (Å²) in [5.74, 6) is 0.275. The molecule has 7 aromatic rings. The highest BCUT2D eigenvalue weighted by Crippen LogP contribution is 2.50. The molecule has 154 valence electrons. The number of furan rings is 1. The van der Waals surface area contributed by atoms with Gasteiger partial charge in [0.2, 0.25) is 0 Å². The largest absolute Gasteiger partial charge is 0.508 e. The quantitative estimate of drug-likeness (QED) is 0.268. The Kier molecular flexibility index (Phi) is 3.03. The van der Waals surface area contributed by atoms with E-state index in [1.807, 2.05) is 24.3 Å². The second kappa shape index (κ2) is 5.84. The van der Waals surface area contributed by atoms with Crippen molar-refractivity contribution in [1.29, 1.82) is 0 Å². The SMILES string of the molecule is Oc1ccc2c(c1)c1cccc3c1n2-c1ccccc1-c1ccc2c(oc4ccccc42)c1-3. The van der Waals surface area contributed by atoms with Crippen LogP contribution in [0.2, 0.25) is 0 Å². The lowest BCUT2D eigenvalue weighted by Crippen LogP contribution is -1.95. The minimum Gasteiger partial charge on any atom is -0.508 e. The van der Waals surface area contributed by atoms with Crippen LogP contribution in [0.4, 0.5) is 0 Å². The van der Waals surface area contributed by atoms with E-state index in [0.717, 1.165) is 66.1 Å². The molecular weight excluding hydrogens is 406 g/mol. The molecule has 0 saturated carbocycles. The van der Waals surface area contributed by atoms with Crippen molar-refractivity contribution in [2.45, 2.75) is 0 Å². The van der Waals surface area contributed by atoms with Crippen LogP contribution in [0.3, 0.4) is 0 Å². The molecule has 0 bridgehead atoms. The molecule has 0 atom stereocenters. The van der Waals surface area contributed by atoms with E-state index in [1.54, 1.807) is 6.07 Å². The third kappa shape index (κ3) is 2.05. The molecule has 1 aliphatic heterocycles. The minimum atomic E-state index is 0.275. The monoisotopic (exact) mass is 423 g/mol. The van der Waals surface area contributed by atoms with Gasteiger partial charge in [-0.05, 0) is 42.0 Å². The number of aromatic nitrogens is 1. The normalized spacial score (nSPS) is 12.4. The van der Waals surface area contributed by atoms with Crippen LogP contribution < -0.4 is 0 Å². The fraction of sp³-hybridized carbons (Fsp3) is 0. The van der Waals surface area contributed by atoms with Crippen molar-refractivity contribution in [3.63, 3.8) is 0 Å². The van der Waals surface area contributed by atoms with E-state index >= 15 is 0 Å². The summed E-state index contributed by atoms with van der Waals surface area (Å²) in [5.41, 5.74) is 9.75. The van der Waals surface area contributed by atoms with Crippen molar-refractivity contribution in [2.24, 2.45) is 0 Å². The van der Waals surface area contributed by atoms with Gasteiger partial charge in [0.05, 0.1) is 16.7 Å². The molecule has 0 amide bonds. The third-order valence-electron chi connectivity index (χ3n) is 7.02. The molecule has 1 N–H and O–H groups in total. The number of fused-ring (bicyclic) bond motifs is 12. The van der Waals surface area contributed by atoms with Gasteiger partial charge in [0.25, 0.3) is 0 Å². The average molecular weight is 423 g/mol. The van der Waals surface area contributed by atoms with Crippen molar-refractivity contribution < 1.29 is 9.52 Å². The van der Waals surface area contributed by atoms with Gasteiger partial charge in [0.15, 0.2) is 0 Å². The number of phenols is 1. The first-order valence-corrected chi connectivity index (χ1v) is 11.1. The van der Waals surface area contributed by atoms with Crippen LogP contribution in [0.5, 0.6) is 5.75 Å². The Labute approximate surface area is 188 Å². The third-order valence-corrected chi connectivity index (χ3v) is 7.02. The molecule has 33 heavy (non-hydrogen) atoms. The molecule has 1 aliphatic rings. The standard InChI is InChI=1S/C30H17NO2/c32-17-12-15-26-24(16-17)21-8-5-9-23-28-20(18-6-1-3-10-25(18)31(26)29(21)23)13-14-22-19-7-2-4-11-27(19)33-30(22)28/h1-16,32H. The summed E-state index contributed by atoms with van der Waals surface area (Å²) in [5, 5.41) is 14.7. The Morgan fingerprint density at radius 2 is 1.42 bits per heavy atom. The van der Waals surface area contributed by atoms with Gasteiger partial charge in [0, 0.05) is 38.2 Å². The van der Waals surface area contributed by atoms with Gasteiger partial charge in [-0.2, -0.15) is 0 Å².